The predicted molar refractivity (Wildman–Crippen MR) is 139 cm³/mol. The largest absolute Gasteiger partial charge is 0.316 e. The van der Waals surface area contributed by atoms with Gasteiger partial charge in [-0.05, 0) is 48.4 Å². The number of rotatable bonds is 5. The zero-order valence-electron chi connectivity index (χ0n) is 20.0. The van der Waals surface area contributed by atoms with E-state index in [0.717, 1.165) is 16.0 Å². The van der Waals surface area contributed by atoms with Crippen LogP contribution in [0, 0.1) is 6.92 Å². The van der Waals surface area contributed by atoms with E-state index in [4.69, 9.17) is 0 Å². The molecule has 3 amide bonds. The maximum atomic E-state index is 13.7. The summed E-state index contributed by atoms with van der Waals surface area (Å²) in [5.41, 5.74) is 3.51. The van der Waals surface area contributed by atoms with Gasteiger partial charge in [-0.15, -0.1) is 0 Å². The molecule has 4 aromatic rings. The predicted octanol–water partition coefficient (Wildman–Crippen LogP) is 5.24. The van der Waals surface area contributed by atoms with Gasteiger partial charge < -0.3 is 4.90 Å². The average molecular weight is 487 g/mol. The minimum atomic E-state index is -0.647. The summed E-state index contributed by atoms with van der Waals surface area (Å²) in [6.45, 7) is 1.89. The van der Waals surface area contributed by atoms with Crippen LogP contribution in [0.5, 0.6) is 0 Å². The molecular weight excluding hydrogens is 464 g/mol. The molecule has 0 unspecified atom stereocenters. The molecule has 0 radical (unpaired) electrons. The van der Waals surface area contributed by atoms with Crippen molar-refractivity contribution in [2.45, 2.75) is 19.0 Å². The van der Waals surface area contributed by atoms with E-state index in [1.807, 2.05) is 49.4 Å². The Morgan fingerprint density at radius 2 is 1.35 bits per heavy atom. The Labute approximate surface area is 213 Å². The van der Waals surface area contributed by atoms with Crippen molar-refractivity contribution < 1.29 is 19.2 Å². The maximum absolute atomic E-state index is 13.7. The normalized spacial score (nSPS) is 18.1. The molecule has 0 aromatic heterocycles. The molecule has 1 saturated heterocycles. The molecule has 6 heteroatoms. The highest BCUT2D eigenvalue weighted by Gasteiger charge is 2.56. The van der Waals surface area contributed by atoms with Crippen molar-refractivity contribution >= 4 is 29.2 Å². The lowest BCUT2D eigenvalue weighted by Crippen LogP contribution is -2.29. The number of fused-ring (bicyclic) bond motifs is 1. The minimum absolute atomic E-state index is 0.138. The van der Waals surface area contributed by atoms with Crippen molar-refractivity contribution in [1.82, 2.24) is 4.90 Å². The average Bonchev–Trinajstić information content (AvgIpc) is 3.63. The zero-order chi connectivity index (χ0) is 25.7. The third-order valence-corrected chi connectivity index (χ3v) is 6.90. The van der Waals surface area contributed by atoms with Crippen LogP contribution in [0.1, 0.15) is 58.6 Å². The van der Waals surface area contributed by atoms with Crippen LogP contribution < -0.4 is 4.90 Å². The fourth-order valence-electron chi connectivity index (χ4n) is 5.04. The number of carbonyl (C=O) groups excluding carboxylic acids is 4. The molecule has 37 heavy (non-hydrogen) atoms. The van der Waals surface area contributed by atoms with Gasteiger partial charge >= 0.3 is 0 Å². The van der Waals surface area contributed by atoms with Gasteiger partial charge in [-0.25, -0.2) is 4.90 Å². The third-order valence-electron chi connectivity index (χ3n) is 6.90. The van der Waals surface area contributed by atoms with Crippen LogP contribution in [0.2, 0.25) is 0 Å². The van der Waals surface area contributed by atoms with Crippen molar-refractivity contribution in [2.75, 3.05) is 4.90 Å². The number of hydrogen-bond donors (Lipinski definition) is 0. The van der Waals surface area contributed by atoms with E-state index in [0.29, 0.717) is 11.3 Å². The van der Waals surface area contributed by atoms with Crippen LogP contribution in [-0.4, -0.2) is 34.4 Å². The molecular formula is C31H22N2O4. The number of imide groups is 1. The van der Waals surface area contributed by atoms with Gasteiger partial charge in [0.15, 0.2) is 5.78 Å². The van der Waals surface area contributed by atoms with Gasteiger partial charge in [-0.2, -0.15) is 0 Å². The lowest BCUT2D eigenvalue weighted by atomic mass is 10.0. The summed E-state index contributed by atoms with van der Waals surface area (Å²) < 4.78 is 0. The van der Waals surface area contributed by atoms with Crippen LogP contribution in [0.25, 0.3) is 0 Å². The SMILES string of the molecule is Cc1cccc(N2C(=O)c3ccc(C(=O)N4[C@H](C(=O)c5ccccc5)[C@H]4c4ccccc4)cc3C2=O)c1. The monoisotopic (exact) mass is 486 g/mol. The summed E-state index contributed by atoms with van der Waals surface area (Å²) in [5.74, 6) is -1.39. The number of benzene rings is 4. The molecule has 6 nitrogen and oxygen atoms in total. The Morgan fingerprint density at radius 1 is 0.676 bits per heavy atom. The van der Waals surface area contributed by atoms with Crippen LogP contribution in [0.4, 0.5) is 5.69 Å². The Balaban J connectivity index is 1.33. The van der Waals surface area contributed by atoms with Crippen LogP contribution in [0.3, 0.4) is 0 Å². The smallest absolute Gasteiger partial charge is 0.266 e. The van der Waals surface area contributed by atoms with E-state index < -0.39 is 23.9 Å². The van der Waals surface area contributed by atoms with E-state index >= 15 is 0 Å². The Morgan fingerprint density at radius 3 is 2.05 bits per heavy atom. The van der Waals surface area contributed by atoms with Crippen molar-refractivity contribution in [3.8, 4) is 0 Å². The van der Waals surface area contributed by atoms with E-state index in [9.17, 15) is 19.2 Å². The summed E-state index contributed by atoms with van der Waals surface area (Å²) in [5, 5.41) is 0. The summed E-state index contributed by atoms with van der Waals surface area (Å²) in [4.78, 5) is 56.0. The molecule has 0 bridgehead atoms. The summed E-state index contributed by atoms with van der Waals surface area (Å²) in [6.07, 6.45) is 0. The highest BCUT2D eigenvalue weighted by molar-refractivity contribution is 6.34. The molecule has 180 valence electrons. The van der Waals surface area contributed by atoms with Crippen molar-refractivity contribution in [3.63, 3.8) is 0 Å². The van der Waals surface area contributed by atoms with E-state index in [1.165, 1.54) is 12.1 Å². The summed E-state index contributed by atoms with van der Waals surface area (Å²) in [6, 6.07) is 29.0. The van der Waals surface area contributed by atoms with Crippen LogP contribution in [0.15, 0.2) is 103 Å². The Bertz CT molecular complexity index is 1580. The van der Waals surface area contributed by atoms with Gasteiger partial charge in [-0.1, -0.05) is 72.8 Å². The second kappa shape index (κ2) is 8.68. The second-order valence-electron chi connectivity index (χ2n) is 9.29. The summed E-state index contributed by atoms with van der Waals surface area (Å²) in [7, 11) is 0. The topological polar surface area (TPSA) is 74.5 Å². The standard InChI is InChI=1S/C31H22N2O4/c1-19-9-8-14-23(17-19)32-30(36)24-16-15-22(18-25(24)31(32)37)29(35)33-26(20-10-4-2-5-11-20)27(33)28(34)21-12-6-3-7-13-21/h2-18,26-27H,1H3/t26-,27+,33?/m1/s1. The highest BCUT2D eigenvalue weighted by Crippen LogP contribution is 2.46. The summed E-state index contributed by atoms with van der Waals surface area (Å²) >= 11 is 0. The number of amides is 3. The first kappa shape index (κ1) is 22.6. The van der Waals surface area contributed by atoms with Crippen molar-refractivity contribution in [1.29, 1.82) is 0 Å². The van der Waals surface area contributed by atoms with E-state index in [2.05, 4.69) is 0 Å². The molecule has 4 aromatic carbocycles. The number of nitrogens with zero attached hydrogens (tertiary/aromatic N) is 2. The molecule has 2 heterocycles. The van der Waals surface area contributed by atoms with Crippen LogP contribution >= 0.6 is 0 Å². The van der Waals surface area contributed by atoms with Crippen molar-refractivity contribution in [2.24, 2.45) is 0 Å². The van der Waals surface area contributed by atoms with Gasteiger partial charge in [0, 0.05) is 11.1 Å². The Kier molecular flexibility index (Phi) is 5.30. The highest BCUT2D eigenvalue weighted by atomic mass is 16.2. The fraction of sp³-hybridized carbons (Fsp3) is 0.0968. The van der Waals surface area contributed by atoms with Gasteiger partial charge in [0.05, 0.1) is 22.9 Å². The van der Waals surface area contributed by atoms with Crippen LogP contribution in [-0.2, 0) is 0 Å². The Hall–Kier alpha value is -4.84. The zero-order valence-corrected chi connectivity index (χ0v) is 20.0. The minimum Gasteiger partial charge on any atom is -0.316 e. The number of carbonyl (C=O) groups is 4. The molecule has 0 spiro atoms. The molecule has 0 N–H and O–H groups in total. The number of anilines is 1. The fourth-order valence-corrected chi connectivity index (χ4v) is 5.04. The van der Waals surface area contributed by atoms with Crippen molar-refractivity contribution in [3.05, 3.63) is 137 Å². The second-order valence-corrected chi connectivity index (χ2v) is 9.29. The first-order chi connectivity index (χ1) is 18.0. The molecule has 2 aliphatic rings. The molecule has 0 saturated carbocycles. The van der Waals surface area contributed by atoms with E-state index in [1.54, 1.807) is 53.4 Å². The van der Waals surface area contributed by atoms with Gasteiger partial charge in [0.1, 0.15) is 6.04 Å². The number of aryl methyl sites for hydroxylation is 1. The molecule has 1 fully saturated rings. The number of ketones is 1. The lowest BCUT2D eigenvalue weighted by Gasteiger charge is -2.14. The molecule has 6 rings (SSSR count). The van der Waals surface area contributed by atoms with Gasteiger partial charge in [0.25, 0.3) is 17.7 Å². The van der Waals surface area contributed by atoms with E-state index in [-0.39, 0.29) is 28.4 Å². The molecule has 2 aliphatic heterocycles. The molecule has 0 aliphatic carbocycles. The number of hydrogen-bond acceptors (Lipinski definition) is 4. The first-order valence-electron chi connectivity index (χ1n) is 12.0. The van der Waals surface area contributed by atoms with Gasteiger partial charge in [-0.3, -0.25) is 19.2 Å². The maximum Gasteiger partial charge on any atom is 0.266 e. The van der Waals surface area contributed by atoms with Gasteiger partial charge in [0.2, 0.25) is 0 Å². The lowest BCUT2D eigenvalue weighted by molar-refractivity contribution is 0.0833. The quantitative estimate of drug-likeness (QED) is 0.220. The number of Topliss-reactive ketones (excluding diaryl/α,β-unsaturated/α-hetero) is 1. The molecule has 2 atom stereocenters. The third kappa shape index (κ3) is 3.74. The first-order valence-corrected chi connectivity index (χ1v) is 12.0.